The van der Waals surface area contributed by atoms with Crippen LogP contribution in [0.4, 0.5) is 11.5 Å². The van der Waals surface area contributed by atoms with Crippen molar-refractivity contribution in [1.29, 1.82) is 0 Å². The molecule has 6 nitrogen and oxygen atoms in total. The third-order valence-electron chi connectivity index (χ3n) is 4.90. The second-order valence-corrected chi connectivity index (χ2v) is 7.55. The van der Waals surface area contributed by atoms with Gasteiger partial charge >= 0.3 is 0 Å². The van der Waals surface area contributed by atoms with Crippen molar-refractivity contribution in [1.82, 2.24) is 15.2 Å². The summed E-state index contributed by atoms with van der Waals surface area (Å²) in [6.07, 6.45) is 3.77. The van der Waals surface area contributed by atoms with Crippen LogP contribution in [0.3, 0.4) is 0 Å². The highest BCUT2D eigenvalue weighted by Crippen LogP contribution is 2.40. The number of nitrogens with zero attached hydrogens (tertiary/aromatic N) is 3. The highest BCUT2D eigenvalue weighted by atomic mass is 32.1. The van der Waals surface area contributed by atoms with Crippen LogP contribution in [0.1, 0.15) is 19.8 Å². The molecule has 7 heteroatoms. The van der Waals surface area contributed by atoms with E-state index in [1.54, 1.807) is 24.6 Å². The summed E-state index contributed by atoms with van der Waals surface area (Å²) in [7, 11) is 1.80. The molecule has 4 rings (SSSR count). The molecule has 0 amide bonds. The molecule has 0 bridgehead atoms. The lowest BCUT2D eigenvalue weighted by Gasteiger charge is -2.39. The average Bonchev–Trinajstić information content (AvgIpc) is 3.24. The summed E-state index contributed by atoms with van der Waals surface area (Å²) >= 11 is 1.73. The number of aromatic amines is 1. The number of methoxy groups -OCH3 is 1. The van der Waals surface area contributed by atoms with E-state index in [2.05, 4.69) is 33.1 Å². The fourth-order valence-corrected chi connectivity index (χ4v) is 4.33. The topological polar surface area (TPSA) is 80.1 Å². The molecule has 3 aromatic rings. The van der Waals surface area contributed by atoms with Crippen LogP contribution in [0.5, 0.6) is 0 Å². The van der Waals surface area contributed by atoms with E-state index in [1.807, 2.05) is 12.1 Å². The van der Waals surface area contributed by atoms with Crippen molar-refractivity contribution in [3.63, 3.8) is 0 Å². The fourth-order valence-electron chi connectivity index (χ4n) is 3.21. The Hall–Kier alpha value is -2.12. The van der Waals surface area contributed by atoms with Crippen molar-refractivity contribution in [2.75, 3.05) is 30.8 Å². The zero-order chi connectivity index (χ0) is 16.7. The van der Waals surface area contributed by atoms with Gasteiger partial charge in [-0.3, -0.25) is 5.10 Å². The van der Waals surface area contributed by atoms with Crippen molar-refractivity contribution < 1.29 is 4.74 Å². The predicted octanol–water partition coefficient (Wildman–Crippen LogP) is 3.27. The Labute approximate surface area is 144 Å². The Kier molecular flexibility index (Phi) is 3.69. The molecule has 0 saturated carbocycles. The number of H-pyrrole nitrogens is 1. The van der Waals surface area contributed by atoms with Gasteiger partial charge in [-0.15, -0.1) is 11.3 Å². The van der Waals surface area contributed by atoms with Gasteiger partial charge in [0.05, 0.1) is 32.1 Å². The van der Waals surface area contributed by atoms with Crippen LogP contribution in [-0.2, 0) is 4.74 Å². The van der Waals surface area contributed by atoms with Gasteiger partial charge in [-0.25, -0.2) is 4.98 Å². The van der Waals surface area contributed by atoms with E-state index in [0.29, 0.717) is 5.82 Å². The van der Waals surface area contributed by atoms with E-state index in [0.717, 1.165) is 42.0 Å². The highest BCUT2D eigenvalue weighted by Gasteiger charge is 2.30. The van der Waals surface area contributed by atoms with E-state index >= 15 is 0 Å². The molecule has 1 saturated heterocycles. The van der Waals surface area contributed by atoms with Crippen molar-refractivity contribution in [3.8, 4) is 10.6 Å². The molecular weight excluding hydrogens is 322 g/mol. The van der Waals surface area contributed by atoms with Gasteiger partial charge in [-0.05, 0) is 31.9 Å². The van der Waals surface area contributed by atoms with Gasteiger partial charge in [-0.2, -0.15) is 5.10 Å². The van der Waals surface area contributed by atoms with Crippen LogP contribution >= 0.6 is 11.3 Å². The Morgan fingerprint density at radius 3 is 2.79 bits per heavy atom. The summed E-state index contributed by atoms with van der Waals surface area (Å²) in [6, 6.07) is 6.04. The van der Waals surface area contributed by atoms with E-state index < -0.39 is 0 Å². The minimum absolute atomic E-state index is 0.0231. The minimum Gasteiger partial charge on any atom is -0.384 e. The van der Waals surface area contributed by atoms with Crippen molar-refractivity contribution in [2.24, 2.45) is 0 Å². The molecule has 0 aliphatic carbocycles. The number of piperidine rings is 1. The molecule has 0 unspecified atom stereocenters. The van der Waals surface area contributed by atoms with Crippen LogP contribution < -0.4 is 10.6 Å². The fraction of sp³-hybridized carbons (Fsp3) is 0.412. The monoisotopic (exact) mass is 343 g/mol. The maximum atomic E-state index is 6.06. The van der Waals surface area contributed by atoms with Gasteiger partial charge in [-0.1, -0.05) is 0 Å². The number of hydrogen-bond acceptors (Lipinski definition) is 6. The number of nitrogens with two attached hydrogens (primary N) is 1. The Bertz CT molecular complexity index is 849. The number of nitrogen functional groups attached to an aromatic ring is 1. The van der Waals surface area contributed by atoms with E-state index in [4.69, 9.17) is 10.5 Å². The Morgan fingerprint density at radius 1 is 1.33 bits per heavy atom. The van der Waals surface area contributed by atoms with Gasteiger partial charge in [0.1, 0.15) is 5.82 Å². The molecule has 0 radical (unpaired) electrons. The van der Waals surface area contributed by atoms with Gasteiger partial charge in [0, 0.05) is 32.5 Å². The quantitative estimate of drug-likeness (QED) is 0.763. The predicted molar refractivity (Wildman–Crippen MR) is 98.5 cm³/mol. The number of thiophene rings is 1. The first-order valence-electron chi connectivity index (χ1n) is 8.08. The van der Waals surface area contributed by atoms with Crippen LogP contribution in [-0.4, -0.2) is 41.0 Å². The number of nitrogens with one attached hydrogen (secondary N) is 1. The molecular formula is C17H21N5OS. The number of hydrogen-bond donors (Lipinski definition) is 2. The van der Waals surface area contributed by atoms with Gasteiger partial charge < -0.3 is 15.4 Å². The molecule has 1 fully saturated rings. The first-order valence-corrected chi connectivity index (χ1v) is 8.89. The maximum Gasteiger partial charge on any atom is 0.126 e. The number of aromatic nitrogens is 3. The van der Waals surface area contributed by atoms with Crippen LogP contribution in [0, 0.1) is 0 Å². The van der Waals surface area contributed by atoms with Crippen LogP contribution in [0.25, 0.3) is 20.8 Å². The first kappa shape index (κ1) is 15.4. The van der Waals surface area contributed by atoms with Crippen LogP contribution in [0.15, 0.2) is 24.4 Å². The van der Waals surface area contributed by atoms with E-state index in [9.17, 15) is 0 Å². The van der Waals surface area contributed by atoms with Crippen molar-refractivity contribution in [2.45, 2.75) is 25.4 Å². The SMILES string of the molecule is COC1(C)CCN(c2cc(N)nc3cc(-c4ccn[nH]4)sc23)CC1. The van der Waals surface area contributed by atoms with Gasteiger partial charge in [0.25, 0.3) is 0 Å². The highest BCUT2D eigenvalue weighted by molar-refractivity contribution is 7.22. The average molecular weight is 343 g/mol. The molecule has 1 aliphatic heterocycles. The molecule has 126 valence electrons. The minimum atomic E-state index is -0.0231. The molecule has 1 aliphatic rings. The maximum absolute atomic E-state index is 6.06. The van der Waals surface area contributed by atoms with Crippen molar-refractivity contribution in [3.05, 3.63) is 24.4 Å². The first-order chi connectivity index (χ1) is 11.6. The third-order valence-corrected chi connectivity index (χ3v) is 6.08. The summed E-state index contributed by atoms with van der Waals surface area (Å²) < 4.78 is 6.83. The van der Waals surface area contributed by atoms with E-state index in [-0.39, 0.29) is 5.60 Å². The number of ether oxygens (including phenoxy) is 1. The van der Waals surface area contributed by atoms with Crippen LogP contribution in [0.2, 0.25) is 0 Å². The summed E-state index contributed by atoms with van der Waals surface area (Å²) in [5.74, 6) is 0.562. The second-order valence-electron chi connectivity index (χ2n) is 6.50. The summed E-state index contributed by atoms with van der Waals surface area (Å²) in [4.78, 5) is 8.03. The normalized spacial score (nSPS) is 17.5. The summed E-state index contributed by atoms with van der Waals surface area (Å²) in [6.45, 7) is 4.10. The molecule has 24 heavy (non-hydrogen) atoms. The number of fused-ring (bicyclic) bond motifs is 1. The molecule has 4 heterocycles. The zero-order valence-corrected chi connectivity index (χ0v) is 14.7. The van der Waals surface area contributed by atoms with Gasteiger partial charge in [0.15, 0.2) is 0 Å². The lowest BCUT2D eigenvalue weighted by molar-refractivity contribution is -0.0132. The Morgan fingerprint density at radius 2 is 2.12 bits per heavy atom. The largest absolute Gasteiger partial charge is 0.384 e. The number of anilines is 2. The standard InChI is InChI=1S/C17H21N5OS/c1-17(23-2)4-7-22(8-5-17)13-10-15(18)20-12-9-14(24-16(12)13)11-3-6-19-21-11/h3,6,9-10H,4-5,7-8H2,1-2H3,(H2,18,20)(H,19,21). The lowest BCUT2D eigenvalue weighted by atomic mass is 9.93. The van der Waals surface area contributed by atoms with Gasteiger partial charge in [0.2, 0.25) is 0 Å². The van der Waals surface area contributed by atoms with E-state index in [1.165, 1.54) is 10.4 Å². The molecule has 0 aromatic carbocycles. The number of rotatable bonds is 3. The molecule has 3 aromatic heterocycles. The van der Waals surface area contributed by atoms with Crippen molar-refractivity contribution >= 4 is 33.1 Å². The Balaban J connectivity index is 1.73. The molecule has 0 atom stereocenters. The zero-order valence-electron chi connectivity index (χ0n) is 13.9. The summed E-state index contributed by atoms with van der Waals surface area (Å²) in [5, 5.41) is 7.05. The third kappa shape index (κ3) is 2.63. The molecule has 0 spiro atoms. The molecule has 3 N–H and O–H groups in total. The second kappa shape index (κ2) is 5.75. The lowest BCUT2D eigenvalue weighted by Crippen LogP contribution is -2.43. The summed E-state index contributed by atoms with van der Waals surface area (Å²) in [5.41, 5.74) is 9.16. The smallest absolute Gasteiger partial charge is 0.126 e. The number of pyridine rings is 1.